The number of pyridine rings is 1. The molecular formula is C12H20N2O2. The van der Waals surface area contributed by atoms with Crippen LogP contribution in [0, 0.1) is 0 Å². The Morgan fingerprint density at radius 2 is 2.25 bits per heavy atom. The SMILES string of the molecule is CCNC(C)c1cccnc1OCCOC. The molecule has 1 atom stereocenters. The summed E-state index contributed by atoms with van der Waals surface area (Å²) in [4.78, 5) is 4.24. The van der Waals surface area contributed by atoms with Crippen molar-refractivity contribution >= 4 is 0 Å². The number of hydrogen-bond acceptors (Lipinski definition) is 4. The normalized spacial score (nSPS) is 12.4. The fraction of sp³-hybridized carbons (Fsp3) is 0.583. The monoisotopic (exact) mass is 224 g/mol. The standard InChI is InChI=1S/C12H20N2O2/c1-4-13-10(2)11-6-5-7-14-12(11)16-9-8-15-3/h5-7,10,13H,4,8-9H2,1-3H3. The number of rotatable bonds is 7. The van der Waals surface area contributed by atoms with Crippen LogP contribution in [0.5, 0.6) is 5.88 Å². The first-order valence-corrected chi connectivity index (χ1v) is 5.59. The van der Waals surface area contributed by atoms with Gasteiger partial charge in [0.15, 0.2) is 0 Å². The van der Waals surface area contributed by atoms with E-state index < -0.39 is 0 Å². The molecule has 0 saturated carbocycles. The first kappa shape index (κ1) is 12.9. The Morgan fingerprint density at radius 1 is 1.44 bits per heavy atom. The van der Waals surface area contributed by atoms with Crippen LogP contribution in [-0.4, -0.2) is 31.9 Å². The van der Waals surface area contributed by atoms with Crippen molar-refractivity contribution in [2.75, 3.05) is 26.9 Å². The molecule has 1 N–H and O–H groups in total. The molecule has 4 heteroatoms. The van der Waals surface area contributed by atoms with Gasteiger partial charge in [-0.3, -0.25) is 0 Å². The summed E-state index contributed by atoms with van der Waals surface area (Å²) in [6.45, 7) is 6.21. The van der Waals surface area contributed by atoms with Crippen molar-refractivity contribution in [3.05, 3.63) is 23.9 Å². The van der Waals surface area contributed by atoms with Crippen LogP contribution >= 0.6 is 0 Å². The first-order valence-electron chi connectivity index (χ1n) is 5.59. The van der Waals surface area contributed by atoms with E-state index >= 15 is 0 Å². The summed E-state index contributed by atoms with van der Waals surface area (Å²) in [5, 5.41) is 3.34. The fourth-order valence-electron chi connectivity index (χ4n) is 1.49. The van der Waals surface area contributed by atoms with Gasteiger partial charge in [-0.25, -0.2) is 4.98 Å². The Morgan fingerprint density at radius 3 is 2.94 bits per heavy atom. The maximum atomic E-state index is 5.57. The van der Waals surface area contributed by atoms with Crippen LogP contribution < -0.4 is 10.1 Å². The van der Waals surface area contributed by atoms with Gasteiger partial charge < -0.3 is 14.8 Å². The Bertz CT molecular complexity index is 305. The summed E-state index contributed by atoms with van der Waals surface area (Å²) in [7, 11) is 1.66. The van der Waals surface area contributed by atoms with E-state index in [1.54, 1.807) is 13.3 Å². The van der Waals surface area contributed by atoms with E-state index in [1.807, 2.05) is 12.1 Å². The molecule has 90 valence electrons. The molecule has 0 saturated heterocycles. The van der Waals surface area contributed by atoms with E-state index in [2.05, 4.69) is 24.1 Å². The van der Waals surface area contributed by atoms with Gasteiger partial charge in [-0.15, -0.1) is 0 Å². The summed E-state index contributed by atoms with van der Waals surface area (Å²) < 4.78 is 10.5. The zero-order valence-electron chi connectivity index (χ0n) is 10.2. The molecule has 0 fully saturated rings. The van der Waals surface area contributed by atoms with E-state index in [-0.39, 0.29) is 6.04 Å². The lowest BCUT2D eigenvalue weighted by atomic mass is 10.1. The Labute approximate surface area is 97.0 Å². The third-order valence-electron chi connectivity index (χ3n) is 2.30. The Hall–Kier alpha value is -1.13. The maximum absolute atomic E-state index is 5.57. The topological polar surface area (TPSA) is 43.4 Å². The molecular weight excluding hydrogens is 204 g/mol. The van der Waals surface area contributed by atoms with Gasteiger partial charge in [-0.05, 0) is 19.5 Å². The van der Waals surface area contributed by atoms with Crippen molar-refractivity contribution in [1.82, 2.24) is 10.3 Å². The van der Waals surface area contributed by atoms with Crippen LogP contribution in [0.15, 0.2) is 18.3 Å². The predicted molar refractivity (Wildman–Crippen MR) is 63.7 cm³/mol. The molecule has 1 aromatic rings. The van der Waals surface area contributed by atoms with Crippen molar-refractivity contribution in [1.29, 1.82) is 0 Å². The molecule has 0 aliphatic rings. The van der Waals surface area contributed by atoms with Crippen molar-refractivity contribution in [2.45, 2.75) is 19.9 Å². The molecule has 0 radical (unpaired) electrons. The summed E-state index contributed by atoms with van der Waals surface area (Å²) in [5.41, 5.74) is 1.08. The second kappa shape index (κ2) is 7.19. The van der Waals surface area contributed by atoms with Crippen LogP contribution in [0.4, 0.5) is 0 Å². The van der Waals surface area contributed by atoms with Gasteiger partial charge in [0.1, 0.15) is 6.61 Å². The third kappa shape index (κ3) is 3.79. The van der Waals surface area contributed by atoms with Gasteiger partial charge in [-0.1, -0.05) is 13.0 Å². The highest BCUT2D eigenvalue weighted by atomic mass is 16.5. The Kier molecular flexibility index (Phi) is 5.82. The van der Waals surface area contributed by atoms with Crippen molar-refractivity contribution in [2.24, 2.45) is 0 Å². The molecule has 1 heterocycles. The summed E-state index contributed by atoms with van der Waals surface area (Å²) in [6.07, 6.45) is 1.74. The van der Waals surface area contributed by atoms with Gasteiger partial charge in [0.05, 0.1) is 6.61 Å². The van der Waals surface area contributed by atoms with Crippen molar-refractivity contribution < 1.29 is 9.47 Å². The lowest BCUT2D eigenvalue weighted by molar-refractivity contribution is 0.142. The maximum Gasteiger partial charge on any atom is 0.218 e. The lowest BCUT2D eigenvalue weighted by Crippen LogP contribution is -2.19. The average molecular weight is 224 g/mol. The van der Waals surface area contributed by atoms with E-state index in [4.69, 9.17) is 9.47 Å². The van der Waals surface area contributed by atoms with Gasteiger partial charge in [0.2, 0.25) is 5.88 Å². The van der Waals surface area contributed by atoms with Gasteiger partial charge in [0.25, 0.3) is 0 Å². The van der Waals surface area contributed by atoms with Gasteiger partial charge >= 0.3 is 0 Å². The van der Waals surface area contributed by atoms with Crippen LogP contribution in [0.25, 0.3) is 0 Å². The van der Waals surface area contributed by atoms with Gasteiger partial charge in [0, 0.05) is 24.9 Å². The second-order valence-electron chi connectivity index (χ2n) is 3.52. The van der Waals surface area contributed by atoms with E-state index in [0.29, 0.717) is 19.1 Å². The van der Waals surface area contributed by atoms with E-state index in [9.17, 15) is 0 Å². The summed E-state index contributed by atoms with van der Waals surface area (Å²) in [6, 6.07) is 4.20. The van der Waals surface area contributed by atoms with Crippen molar-refractivity contribution in [3.63, 3.8) is 0 Å². The van der Waals surface area contributed by atoms with Crippen molar-refractivity contribution in [3.8, 4) is 5.88 Å². The smallest absolute Gasteiger partial charge is 0.218 e. The van der Waals surface area contributed by atoms with Gasteiger partial charge in [-0.2, -0.15) is 0 Å². The highest BCUT2D eigenvalue weighted by Gasteiger charge is 2.10. The van der Waals surface area contributed by atoms with Crippen LogP contribution in [-0.2, 0) is 4.74 Å². The number of methoxy groups -OCH3 is 1. The number of aromatic nitrogens is 1. The number of nitrogens with zero attached hydrogens (tertiary/aromatic N) is 1. The highest BCUT2D eigenvalue weighted by Crippen LogP contribution is 2.21. The highest BCUT2D eigenvalue weighted by molar-refractivity contribution is 5.28. The summed E-state index contributed by atoms with van der Waals surface area (Å²) >= 11 is 0. The van der Waals surface area contributed by atoms with Crippen LogP contribution in [0.3, 0.4) is 0 Å². The lowest BCUT2D eigenvalue weighted by Gasteiger charge is -2.16. The number of nitrogens with one attached hydrogen (secondary N) is 1. The molecule has 1 rings (SSSR count). The molecule has 0 spiro atoms. The fourth-order valence-corrected chi connectivity index (χ4v) is 1.49. The minimum atomic E-state index is 0.247. The zero-order valence-corrected chi connectivity index (χ0v) is 10.2. The predicted octanol–water partition coefficient (Wildman–Crippen LogP) is 1.78. The zero-order chi connectivity index (χ0) is 11.8. The van der Waals surface area contributed by atoms with E-state index in [0.717, 1.165) is 12.1 Å². The molecule has 1 aromatic heterocycles. The summed E-state index contributed by atoms with van der Waals surface area (Å²) in [5.74, 6) is 0.688. The van der Waals surface area contributed by atoms with Crippen LogP contribution in [0.2, 0.25) is 0 Å². The molecule has 0 bridgehead atoms. The minimum absolute atomic E-state index is 0.247. The van der Waals surface area contributed by atoms with E-state index in [1.165, 1.54) is 0 Å². The first-order chi connectivity index (χ1) is 7.79. The Balaban J connectivity index is 2.67. The second-order valence-corrected chi connectivity index (χ2v) is 3.52. The molecule has 16 heavy (non-hydrogen) atoms. The number of ether oxygens (including phenoxy) is 2. The molecule has 0 aromatic carbocycles. The third-order valence-corrected chi connectivity index (χ3v) is 2.30. The average Bonchev–Trinajstić information content (AvgIpc) is 2.30. The molecule has 4 nitrogen and oxygen atoms in total. The van der Waals surface area contributed by atoms with Crippen LogP contribution in [0.1, 0.15) is 25.5 Å². The molecule has 0 aliphatic heterocycles. The number of hydrogen-bond donors (Lipinski definition) is 1. The molecule has 1 unspecified atom stereocenters. The molecule has 0 aliphatic carbocycles. The minimum Gasteiger partial charge on any atom is -0.475 e. The quantitative estimate of drug-likeness (QED) is 0.717. The molecule has 0 amide bonds. The largest absolute Gasteiger partial charge is 0.475 e.